The monoisotopic (exact) mass is 438 g/mol. The second kappa shape index (κ2) is 8.48. The molecule has 0 unspecified atom stereocenters. The van der Waals surface area contributed by atoms with Crippen LogP contribution in [0.15, 0.2) is 42.5 Å². The summed E-state index contributed by atoms with van der Waals surface area (Å²) < 4.78 is 1.93. The molecule has 0 amide bonds. The summed E-state index contributed by atoms with van der Waals surface area (Å²) in [5, 5.41) is 13.1. The number of nitrogens with zero attached hydrogens (tertiary/aromatic N) is 2. The van der Waals surface area contributed by atoms with Crippen LogP contribution in [0.2, 0.25) is 15.1 Å². The van der Waals surface area contributed by atoms with E-state index in [1.165, 1.54) is 0 Å². The molecule has 27 heavy (non-hydrogen) atoms. The molecule has 3 rings (SSSR count). The predicted molar refractivity (Wildman–Crippen MR) is 119 cm³/mol. The molecule has 0 aliphatic rings. The van der Waals surface area contributed by atoms with Crippen LogP contribution in [0, 0.1) is 13.8 Å². The quantitative estimate of drug-likeness (QED) is 0.467. The van der Waals surface area contributed by atoms with E-state index in [1.807, 2.05) is 48.9 Å². The van der Waals surface area contributed by atoms with Crippen LogP contribution in [0.3, 0.4) is 0 Å². The Morgan fingerprint density at radius 3 is 2.37 bits per heavy atom. The van der Waals surface area contributed by atoms with E-state index < -0.39 is 0 Å². The molecule has 0 saturated heterocycles. The van der Waals surface area contributed by atoms with Gasteiger partial charge in [-0.05, 0) is 62.0 Å². The predicted octanol–water partition coefficient (Wildman–Crippen LogP) is 6.32. The number of hydrogen-bond donors (Lipinski definition) is 2. The second-order valence-corrected chi connectivity index (χ2v) is 7.70. The first-order valence-electron chi connectivity index (χ1n) is 8.15. The standard InChI is InChI=1S/C19H17Cl3N4S/c1-11-18(24-19(27)23-15-7-8-16(21)17(22)9-15)12(2)26(25-11)10-13-3-5-14(20)6-4-13/h3-9H,10H2,1-2H3,(H2,23,24,27). The number of thiocarbonyl (C=S) groups is 1. The number of aromatic nitrogens is 2. The van der Waals surface area contributed by atoms with Crippen molar-refractivity contribution in [2.24, 2.45) is 0 Å². The maximum absolute atomic E-state index is 6.04. The molecule has 3 aromatic rings. The van der Waals surface area contributed by atoms with Gasteiger partial charge in [0.15, 0.2) is 5.11 Å². The van der Waals surface area contributed by atoms with Crippen molar-refractivity contribution in [1.29, 1.82) is 0 Å². The lowest BCUT2D eigenvalue weighted by molar-refractivity contribution is 0.659. The summed E-state index contributed by atoms with van der Waals surface area (Å²) in [4.78, 5) is 0. The molecule has 0 spiro atoms. The average molecular weight is 440 g/mol. The number of rotatable bonds is 4. The Balaban J connectivity index is 1.72. The maximum Gasteiger partial charge on any atom is 0.175 e. The topological polar surface area (TPSA) is 41.9 Å². The van der Waals surface area contributed by atoms with Gasteiger partial charge in [0.2, 0.25) is 0 Å². The molecule has 0 bridgehead atoms. The highest BCUT2D eigenvalue weighted by atomic mass is 35.5. The molecular formula is C19H17Cl3N4S. The Hall–Kier alpha value is -1.79. The maximum atomic E-state index is 6.04. The van der Waals surface area contributed by atoms with Crippen LogP contribution in [0.25, 0.3) is 0 Å². The highest BCUT2D eigenvalue weighted by molar-refractivity contribution is 7.80. The Bertz CT molecular complexity index is 983. The summed E-state index contributed by atoms with van der Waals surface area (Å²) in [5.41, 5.74) is 4.60. The van der Waals surface area contributed by atoms with E-state index in [9.17, 15) is 0 Å². The lowest BCUT2D eigenvalue weighted by Gasteiger charge is -2.12. The molecule has 0 atom stereocenters. The molecule has 140 valence electrons. The van der Waals surface area contributed by atoms with Crippen LogP contribution in [-0.2, 0) is 6.54 Å². The van der Waals surface area contributed by atoms with Crippen LogP contribution in [0.5, 0.6) is 0 Å². The van der Waals surface area contributed by atoms with Gasteiger partial charge in [-0.1, -0.05) is 46.9 Å². The fourth-order valence-corrected chi connectivity index (χ4v) is 3.29. The minimum atomic E-state index is 0.450. The molecule has 0 radical (unpaired) electrons. The fraction of sp³-hybridized carbons (Fsp3) is 0.158. The van der Waals surface area contributed by atoms with E-state index in [0.29, 0.717) is 26.7 Å². The number of anilines is 2. The number of aryl methyl sites for hydroxylation is 1. The van der Waals surface area contributed by atoms with Gasteiger partial charge in [-0.15, -0.1) is 0 Å². The minimum Gasteiger partial charge on any atom is -0.332 e. The molecule has 0 fully saturated rings. The van der Waals surface area contributed by atoms with Crippen LogP contribution in [0.4, 0.5) is 11.4 Å². The van der Waals surface area contributed by atoms with Crippen molar-refractivity contribution < 1.29 is 0 Å². The largest absolute Gasteiger partial charge is 0.332 e. The van der Waals surface area contributed by atoms with Crippen LogP contribution < -0.4 is 10.6 Å². The Labute approximate surface area is 178 Å². The summed E-state index contributed by atoms with van der Waals surface area (Å²) >= 11 is 23.3. The van der Waals surface area contributed by atoms with E-state index >= 15 is 0 Å². The normalized spacial score (nSPS) is 10.7. The zero-order valence-electron chi connectivity index (χ0n) is 14.7. The summed E-state index contributed by atoms with van der Waals surface area (Å²) in [6.07, 6.45) is 0. The molecule has 0 saturated carbocycles. The smallest absolute Gasteiger partial charge is 0.175 e. The van der Waals surface area contributed by atoms with Gasteiger partial charge in [0, 0.05) is 10.7 Å². The highest BCUT2D eigenvalue weighted by Crippen LogP contribution is 2.26. The summed E-state index contributed by atoms with van der Waals surface area (Å²) in [6, 6.07) is 13.0. The number of nitrogens with one attached hydrogen (secondary N) is 2. The van der Waals surface area contributed by atoms with Gasteiger partial charge in [0.1, 0.15) is 0 Å². The van der Waals surface area contributed by atoms with E-state index in [-0.39, 0.29) is 0 Å². The Kier molecular flexibility index (Phi) is 6.27. The van der Waals surface area contributed by atoms with Gasteiger partial charge in [-0.3, -0.25) is 4.68 Å². The minimum absolute atomic E-state index is 0.450. The Morgan fingerprint density at radius 1 is 1.00 bits per heavy atom. The first kappa shape index (κ1) is 20.0. The summed E-state index contributed by atoms with van der Waals surface area (Å²) in [6.45, 7) is 4.59. The first-order valence-corrected chi connectivity index (χ1v) is 9.69. The van der Waals surface area contributed by atoms with Crippen molar-refractivity contribution >= 4 is 63.5 Å². The zero-order valence-corrected chi connectivity index (χ0v) is 17.8. The SMILES string of the molecule is Cc1nn(Cc2ccc(Cl)cc2)c(C)c1NC(=S)Nc1ccc(Cl)c(Cl)c1. The molecule has 1 heterocycles. The molecule has 8 heteroatoms. The number of benzene rings is 2. The van der Waals surface area contributed by atoms with Gasteiger partial charge in [0.05, 0.1) is 33.7 Å². The van der Waals surface area contributed by atoms with Gasteiger partial charge in [-0.25, -0.2) is 0 Å². The molecule has 1 aromatic heterocycles. The van der Waals surface area contributed by atoms with Crippen molar-refractivity contribution in [1.82, 2.24) is 9.78 Å². The zero-order chi connectivity index (χ0) is 19.6. The van der Waals surface area contributed by atoms with Crippen molar-refractivity contribution in [3.05, 3.63) is 74.5 Å². The van der Waals surface area contributed by atoms with Crippen molar-refractivity contribution in [2.75, 3.05) is 10.6 Å². The van der Waals surface area contributed by atoms with Gasteiger partial charge in [-0.2, -0.15) is 5.10 Å². The summed E-state index contributed by atoms with van der Waals surface area (Å²) in [5.74, 6) is 0. The van der Waals surface area contributed by atoms with E-state index in [4.69, 9.17) is 47.0 Å². The third kappa shape index (κ3) is 4.93. The molecular weight excluding hydrogens is 423 g/mol. The van der Waals surface area contributed by atoms with Crippen LogP contribution >= 0.6 is 47.0 Å². The third-order valence-corrected chi connectivity index (χ3v) is 5.24. The third-order valence-electron chi connectivity index (χ3n) is 4.04. The van der Waals surface area contributed by atoms with Gasteiger partial charge >= 0.3 is 0 Å². The van der Waals surface area contributed by atoms with E-state index in [2.05, 4.69) is 15.7 Å². The van der Waals surface area contributed by atoms with Crippen molar-refractivity contribution in [3.63, 3.8) is 0 Å². The molecule has 0 aliphatic carbocycles. The molecule has 2 aromatic carbocycles. The second-order valence-electron chi connectivity index (χ2n) is 6.04. The van der Waals surface area contributed by atoms with E-state index in [0.717, 1.165) is 28.3 Å². The van der Waals surface area contributed by atoms with E-state index in [1.54, 1.807) is 12.1 Å². The lowest BCUT2D eigenvalue weighted by Crippen LogP contribution is -2.20. The lowest BCUT2D eigenvalue weighted by atomic mass is 10.2. The van der Waals surface area contributed by atoms with Crippen molar-refractivity contribution in [3.8, 4) is 0 Å². The van der Waals surface area contributed by atoms with Crippen LogP contribution in [0.1, 0.15) is 17.0 Å². The fourth-order valence-electron chi connectivity index (χ4n) is 2.64. The molecule has 0 aliphatic heterocycles. The first-order chi connectivity index (χ1) is 12.8. The molecule has 2 N–H and O–H groups in total. The van der Waals surface area contributed by atoms with Gasteiger partial charge < -0.3 is 10.6 Å². The van der Waals surface area contributed by atoms with Crippen molar-refractivity contribution in [2.45, 2.75) is 20.4 Å². The molecule has 4 nitrogen and oxygen atoms in total. The number of hydrogen-bond acceptors (Lipinski definition) is 2. The highest BCUT2D eigenvalue weighted by Gasteiger charge is 2.13. The number of halogens is 3. The Morgan fingerprint density at radius 2 is 1.70 bits per heavy atom. The van der Waals surface area contributed by atoms with Crippen LogP contribution in [-0.4, -0.2) is 14.9 Å². The summed E-state index contributed by atoms with van der Waals surface area (Å²) in [7, 11) is 0. The van der Waals surface area contributed by atoms with Gasteiger partial charge in [0.25, 0.3) is 0 Å². The average Bonchev–Trinajstić information content (AvgIpc) is 2.87.